The molecule has 144 valence electrons. The Hall–Kier alpha value is -3.80. The summed E-state index contributed by atoms with van der Waals surface area (Å²) >= 11 is 0. The van der Waals surface area contributed by atoms with Crippen LogP contribution in [0.4, 0.5) is 4.39 Å². The largest absolute Gasteiger partial charge is 0.416 e. The van der Waals surface area contributed by atoms with Gasteiger partial charge in [-0.2, -0.15) is 0 Å². The molecule has 3 aromatic carbocycles. The van der Waals surface area contributed by atoms with Crippen molar-refractivity contribution in [3.63, 3.8) is 0 Å². The SMILES string of the molecule is Cc1cccc(-c2nnc(-c3ccc(C(=O)NCc4ccc(F)cc4)cc3)o2)c1. The Balaban J connectivity index is 1.43. The molecule has 5 nitrogen and oxygen atoms in total. The second-order valence-electron chi connectivity index (χ2n) is 6.67. The van der Waals surface area contributed by atoms with Gasteiger partial charge in [-0.1, -0.05) is 29.8 Å². The van der Waals surface area contributed by atoms with E-state index in [1.165, 1.54) is 12.1 Å². The zero-order valence-electron chi connectivity index (χ0n) is 15.7. The van der Waals surface area contributed by atoms with Crippen LogP contribution in [0.3, 0.4) is 0 Å². The first kappa shape index (κ1) is 18.6. The van der Waals surface area contributed by atoms with Crippen LogP contribution in [-0.4, -0.2) is 16.1 Å². The number of aryl methyl sites for hydroxylation is 1. The van der Waals surface area contributed by atoms with E-state index < -0.39 is 0 Å². The van der Waals surface area contributed by atoms with Crippen LogP contribution in [0.2, 0.25) is 0 Å². The van der Waals surface area contributed by atoms with Crippen LogP contribution in [0, 0.1) is 12.7 Å². The normalized spacial score (nSPS) is 10.7. The van der Waals surface area contributed by atoms with E-state index in [0.717, 1.165) is 22.3 Å². The summed E-state index contributed by atoms with van der Waals surface area (Å²) in [6, 6.07) is 20.8. The molecule has 1 aromatic heterocycles. The molecule has 4 rings (SSSR count). The lowest BCUT2D eigenvalue weighted by Gasteiger charge is -2.06. The molecule has 0 unspecified atom stereocenters. The van der Waals surface area contributed by atoms with Gasteiger partial charge in [-0.3, -0.25) is 4.79 Å². The van der Waals surface area contributed by atoms with Crippen molar-refractivity contribution in [2.24, 2.45) is 0 Å². The number of halogens is 1. The number of rotatable bonds is 5. The summed E-state index contributed by atoms with van der Waals surface area (Å²) in [5.41, 5.74) is 4.03. The number of carbonyl (C=O) groups excluding carboxylic acids is 1. The fraction of sp³-hybridized carbons (Fsp3) is 0.0870. The second-order valence-corrected chi connectivity index (χ2v) is 6.67. The zero-order chi connectivity index (χ0) is 20.2. The Morgan fingerprint density at radius 1 is 0.931 bits per heavy atom. The van der Waals surface area contributed by atoms with Gasteiger partial charge in [-0.25, -0.2) is 4.39 Å². The van der Waals surface area contributed by atoms with Crippen molar-refractivity contribution >= 4 is 5.91 Å². The van der Waals surface area contributed by atoms with Gasteiger partial charge in [0.25, 0.3) is 5.91 Å². The number of nitrogens with one attached hydrogen (secondary N) is 1. The quantitative estimate of drug-likeness (QED) is 0.535. The molecule has 0 saturated carbocycles. The first-order chi connectivity index (χ1) is 14.1. The molecule has 1 N–H and O–H groups in total. The number of hydrogen-bond acceptors (Lipinski definition) is 4. The predicted octanol–water partition coefficient (Wildman–Crippen LogP) is 4.78. The minimum Gasteiger partial charge on any atom is -0.416 e. The molecule has 1 amide bonds. The molecule has 6 heteroatoms. The van der Waals surface area contributed by atoms with Gasteiger partial charge in [-0.15, -0.1) is 10.2 Å². The average molecular weight is 387 g/mol. The summed E-state index contributed by atoms with van der Waals surface area (Å²) in [5.74, 6) is 0.318. The average Bonchev–Trinajstić information content (AvgIpc) is 3.24. The molecule has 0 saturated heterocycles. The minimum absolute atomic E-state index is 0.216. The van der Waals surface area contributed by atoms with Crippen LogP contribution in [0.25, 0.3) is 22.9 Å². The van der Waals surface area contributed by atoms with Crippen LogP contribution in [0.15, 0.2) is 77.2 Å². The topological polar surface area (TPSA) is 68.0 Å². The highest BCUT2D eigenvalue weighted by molar-refractivity contribution is 5.94. The fourth-order valence-electron chi connectivity index (χ4n) is 2.89. The van der Waals surface area contributed by atoms with E-state index in [4.69, 9.17) is 4.42 Å². The van der Waals surface area contributed by atoms with Crippen LogP contribution in [0.5, 0.6) is 0 Å². The fourth-order valence-corrected chi connectivity index (χ4v) is 2.89. The lowest BCUT2D eigenvalue weighted by molar-refractivity contribution is 0.0951. The Labute approximate surface area is 167 Å². The molecule has 0 atom stereocenters. The maximum absolute atomic E-state index is 12.9. The molecule has 0 aliphatic rings. The van der Waals surface area contributed by atoms with Crippen molar-refractivity contribution in [3.8, 4) is 22.9 Å². The van der Waals surface area contributed by atoms with E-state index in [2.05, 4.69) is 15.5 Å². The van der Waals surface area contributed by atoms with Gasteiger partial charge in [0.1, 0.15) is 5.82 Å². The molecular formula is C23H18FN3O2. The van der Waals surface area contributed by atoms with Gasteiger partial charge < -0.3 is 9.73 Å². The number of benzene rings is 3. The van der Waals surface area contributed by atoms with Crippen LogP contribution in [-0.2, 0) is 6.54 Å². The summed E-state index contributed by atoms with van der Waals surface area (Å²) in [6.45, 7) is 2.32. The van der Waals surface area contributed by atoms with E-state index >= 15 is 0 Å². The van der Waals surface area contributed by atoms with Crippen LogP contribution in [0.1, 0.15) is 21.5 Å². The molecule has 29 heavy (non-hydrogen) atoms. The highest BCUT2D eigenvalue weighted by Crippen LogP contribution is 2.24. The van der Waals surface area contributed by atoms with Crippen molar-refractivity contribution < 1.29 is 13.6 Å². The zero-order valence-corrected chi connectivity index (χ0v) is 15.7. The van der Waals surface area contributed by atoms with E-state index in [-0.39, 0.29) is 11.7 Å². The molecular weight excluding hydrogens is 369 g/mol. The Kier molecular flexibility index (Phi) is 5.16. The van der Waals surface area contributed by atoms with Gasteiger partial charge in [-0.05, 0) is 61.0 Å². The van der Waals surface area contributed by atoms with Gasteiger partial charge in [0.15, 0.2) is 0 Å². The first-order valence-corrected chi connectivity index (χ1v) is 9.12. The Morgan fingerprint density at radius 3 is 2.31 bits per heavy atom. The van der Waals surface area contributed by atoms with Crippen molar-refractivity contribution in [2.75, 3.05) is 0 Å². The van der Waals surface area contributed by atoms with Gasteiger partial charge >= 0.3 is 0 Å². The van der Waals surface area contributed by atoms with Crippen molar-refractivity contribution in [3.05, 3.63) is 95.3 Å². The first-order valence-electron chi connectivity index (χ1n) is 9.12. The lowest BCUT2D eigenvalue weighted by atomic mass is 10.1. The van der Waals surface area contributed by atoms with Crippen molar-refractivity contribution in [1.29, 1.82) is 0 Å². The number of carbonyl (C=O) groups is 1. The highest BCUT2D eigenvalue weighted by atomic mass is 19.1. The number of aromatic nitrogens is 2. The van der Waals surface area contributed by atoms with Gasteiger partial charge in [0.2, 0.25) is 11.8 Å². The highest BCUT2D eigenvalue weighted by Gasteiger charge is 2.12. The van der Waals surface area contributed by atoms with E-state index in [0.29, 0.717) is 23.9 Å². The number of nitrogens with zero attached hydrogens (tertiary/aromatic N) is 2. The Bertz CT molecular complexity index is 1140. The maximum Gasteiger partial charge on any atom is 0.251 e. The Morgan fingerprint density at radius 2 is 1.62 bits per heavy atom. The smallest absolute Gasteiger partial charge is 0.251 e. The molecule has 0 aliphatic heterocycles. The van der Waals surface area contributed by atoms with Crippen molar-refractivity contribution in [2.45, 2.75) is 13.5 Å². The van der Waals surface area contributed by atoms with E-state index in [1.54, 1.807) is 36.4 Å². The van der Waals surface area contributed by atoms with E-state index in [9.17, 15) is 9.18 Å². The monoisotopic (exact) mass is 387 g/mol. The number of hydrogen-bond donors (Lipinski definition) is 1. The molecule has 4 aromatic rings. The third-order valence-corrected chi connectivity index (χ3v) is 4.45. The summed E-state index contributed by atoms with van der Waals surface area (Å²) in [7, 11) is 0. The summed E-state index contributed by atoms with van der Waals surface area (Å²) < 4.78 is 18.7. The second kappa shape index (κ2) is 8.06. The van der Waals surface area contributed by atoms with Crippen LogP contribution >= 0.6 is 0 Å². The minimum atomic E-state index is -0.303. The summed E-state index contributed by atoms with van der Waals surface area (Å²) in [4.78, 5) is 12.3. The third kappa shape index (κ3) is 4.38. The lowest BCUT2D eigenvalue weighted by Crippen LogP contribution is -2.22. The molecule has 0 fully saturated rings. The summed E-state index contributed by atoms with van der Waals surface area (Å²) in [6.07, 6.45) is 0. The van der Waals surface area contributed by atoms with Crippen LogP contribution < -0.4 is 5.32 Å². The molecule has 0 spiro atoms. The van der Waals surface area contributed by atoms with Crippen molar-refractivity contribution in [1.82, 2.24) is 15.5 Å². The van der Waals surface area contributed by atoms with Gasteiger partial charge in [0, 0.05) is 23.2 Å². The molecule has 0 aliphatic carbocycles. The molecule has 0 radical (unpaired) electrons. The molecule has 0 bridgehead atoms. The summed E-state index contributed by atoms with van der Waals surface area (Å²) in [5, 5.41) is 11.0. The van der Waals surface area contributed by atoms with Gasteiger partial charge in [0.05, 0.1) is 0 Å². The number of amides is 1. The maximum atomic E-state index is 12.9. The standard InChI is InChI=1S/C23H18FN3O2/c1-15-3-2-4-19(13-15)23-27-26-22(29-23)18-9-7-17(8-10-18)21(28)25-14-16-5-11-20(24)12-6-16/h2-13H,14H2,1H3,(H,25,28). The predicted molar refractivity (Wildman–Crippen MR) is 107 cm³/mol. The molecule has 1 heterocycles. The van der Waals surface area contributed by atoms with E-state index in [1.807, 2.05) is 31.2 Å². The third-order valence-electron chi connectivity index (χ3n) is 4.45.